The minimum Gasteiger partial charge on any atom is -0.491 e. The zero-order valence-corrected chi connectivity index (χ0v) is 14.6. The Morgan fingerprint density at radius 1 is 1.13 bits per heavy atom. The lowest BCUT2D eigenvalue weighted by Crippen LogP contribution is -2.30. The number of fused-ring (bicyclic) bond motifs is 1. The molecule has 2 aromatic rings. The van der Waals surface area contributed by atoms with Crippen LogP contribution in [-0.4, -0.2) is 23.3 Å². The molecule has 3 nitrogen and oxygen atoms in total. The van der Waals surface area contributed by atoms with Gasteiger partial charge in [0.2, 0.25) is 0 Å². The average molecular weight is 308 g/mol. The highest BCUT2D eigenvalue weighted by Gasteiger charge is 2.29. The maximum Gasteiger partial charge on any atom is 0.128 e. The number of rotatable bonds is 1. The van der Waals surface area contributed by atoms with Crippen molar-refractivity contribution in [3.8, 4) is 5.75 Å². The van der Waals surface area contributed by atoms with E-state index in [1.165, 1.54) is 5.56 Å². The number of aromatic nitrogens is 1. The minimum absolute atomic E-state index is 0.0421. The molecule has 0 fully saturated rings. The van der Waals surface area contributed by atoms with Gasteiger partial charge >= 0.3 is 0 Å². The molecule has 2 heterocycles. The second-order valence-electron chi connectivity index (χ2n) is 7.29. The molecule has 0 bridgehead atoms. The highest BCUT2D eigenvalue weighted by Crippen LogP contribution is 2.31. The molecule has 1 aromatic carbocycles. The molecule has 120 valence electrons. The molecule has 1 aliphatic heterocycles. The first-order valence-corrected chi connectivity index (χ1v) is 8.10. The SMILES string of the molecule is Cc1cc(C2=NC(C(C)(C)C)COc3ccccc32)cnc1C. The Hall–Kier alpha value is -2.16. The summed E-state index contributed by atoms with van der Waals surface area (Å²) >= 11 is 0. The van der Waals surface area contributed by atoms with Gasteiger partial charge in [-0.05, 0) is 43.0 Å². The molecule has 23 heavy (non-hydrogen) atoms. The first-order valence-electron chi connectivity index (χ1n) is 8.10. The van der Waals surface area contributed by atoms with E-state index in [1.54, 1.807) is 0 Å². The fourth-order valence-electron chi connectivity index (χ4n) is 2.67. The number of ether oxygens (including phenoxy) is 1. The van der Waals surface area contributed by atoms with E-state index in [-0.39, 0.29) is 11.5 Å². The van der Waals surface area contributed by atoms with Crippen molar-refractivity contribution in [2.75, 3.05) is 6.61 Å². The number of pyridine rings is 1. The van der Waals surface area contributed by atoms with E-state index in [0.717, 1.165) is 28.3 Å². The number of para-hydroxylation sites is 1. The monoisotopic (exact) mass is 308 g/mol. The van der Waals surface area contributed by atoms with Gasteiger partial charge in [-0.25, -0.2) is 0 Å². The summed E-state index contributed by atoms with van der Waals surface area (Å²) in [6.45, 7) is 11.3. The van der Waals surface area contributed by atoms with E-state index in [2.05, 4.69) is 44.8 Å². The zero-order chi connectivity index (χ0) is 16.6. The zero-order valence-electron chi connectivity index (χ0n) is 14.6. The fourth-order valence-corrected chi connectivity index (χ4v) is 2.67. The summed E-state index contributed by atoms with van der Waals surface area (Å²) in [4.78, 5) is 9.60. The van der Waals surface area contributed by atoms with Crippen LogP contribution in [0.2, 0.25) is 0 Å². The summed E-state index contributed by atoms with van der Waals surface area (Å²) < 4.78 is 6.06. The van der Waals surface area contributed by atoms with Crippen molar-refractivity contribution >= 4 is 5.71 Å². The summed E-state index contributed by atoms with van der Waals surface area (Å²) in [6, 6.07) is 10.4. The van der Waals surface area contributed by atoms with E-state index in [1.807, 2.05) is 31.3 Å². The van der Waals surface area contributed by atoms with Crippen LogP contribution in [0.5, 0.6) is 5.75 Å². The fraction of sp³-hybridized carbons (Fsp3) is 0.400. The number of aliphatic imine (C=N–C) groups is 1. The van der Waals surface area contributed by atoms with Crippen LogP contribution < -0.4 is 4.74 Å². The van der Waals surface area contributed by atoms with Gasteiger partial charge in [0.25, 0.3) is 0 Å². The van der Waals surface area contributed by atoms with Crippen LogP contribution in [-0.2, 0) is 0 Å². The quantitative estimate of drug-likeness (QED) is 0.785. The molecule has 0 spiro atoms. The molecule has 0 saturated carbocycles. The lowest BCUT2D eigenvalue weighted by atomic mass is 9.87. The largest absolute Gasteiger partial charge is 0.491 e. The molecule has 0 aliphatic carbocycles. The molecular formula is C20H24N2O. The van der Waals surface area contributed by atoms with Crippen molar-refractivity contribution in [3.63, 3.8) is 0 Å². The van der Waals surface area contributed by atoms with E-state index in [9.17, 15) is 0 Å². The predicted molar refractivity (Wildman–Crippen MR) is 94.5 cm³/mol. The van der Waals surface area contributed by atoms with Gasteiger partial charge in [-0.1, -0.05) is 32.9 Å². The van der Waals surface area contributed by atoms with Crippen LogP contribution >= 0.6 is 0 Å². The number of aryl methyl sites for hydroxylation is 2. The number of hydrogen-bond acceptors (Lipinski definition) is 3. The Morgan fingerprint density at radius 2 is 1.87 bits per heavy atom. The van der Waals surface area contributed by atoms with Crippen LogP contribution in [0, 0.1) is 19.3 Å². The van der Waals surface area contributed by atoms with Crippen molar-refractivity contribution in [2.24, 2.45) is 10.4 Å². The molecule has 3 heteroatoms. The minimum atomic E-state index is 0.0421. The van der Waals surface area contributed by atoms with E-state index < -0.39 is 0 Å². The second-order valence-corrected chi connectivity index (χ2v) is 7.29. The van der Waals surface area contributed by atoms with Gasteiger partial charge in [0, 0.05) is 23.0 Å². The summed E-state index contributed by atoms with van der Waals surface area (Å²) in [5.41, 5.74) is 5.36. The second kappa shape index (κ2) is 5.80. The molecule has 1 unspecified atom stereocenters. The number of nitrogens with zero attached hydrogens (tertiary/aromatic N) is 2. The standard InChI is InChI=1S/C20H24N2O/c1-13-10-15(11-21-14(13)2)19-16-8-6-7-9-17(16)23-12-18(22-19)20(3,4)5/h6-11,18H,12H2,1-5H3. The first-order chi connectivity index (χ1) is 10.9. The maximum atomic E-state index is 6.06. The van der Waals surface area contributed by atoms with Crippen LogP contribution in [0.4, 0.5) is 0 Å². The van der Waals surface area contributed by atoms with Crippen LogP contribution in [0.3, 0.4) is 0 Å². The normalized spacial score (nSPS) is 17.8. The summed E-state index contributed by atoms with van der Waals surface area (Å²) in [5.74, 6) is 0.899. The van der Waals surface area contributed by atoms with Crippen molar-refractivity contribution in [1.82, 2.24) is 4.98 Å². The first kappa shape index (κ1) is 15.7. The lowest BCUT2D eigenvalue weighted by molar-refractivity contribution is 0.210. The van der Waals surface area contributed by atoms with E-state index >= 15 is 0 Å². The third kappa shape index (κ3) is 3.14. The molecule has 0 amide bonds. The lowest BCUT2D eigenvalue weighted by Gasteiger charge is -2.26. The predicted octanol–water partition coefficient (Wildman–Crippen LogP) is 4.34. The van der Waals surface area contributed by atoms with Crippen LogP contribution in [0.25, 0.3) is 0 Å². The number of benzene rings is 1. The maximum absolute atomic E-state index is 6.06. The van der Waals surface area contributed by atoms with Crippen LogP contribution in [0.1, 0.15) is 43.2 Å². The van der Waals surface area contributed by atoms with E-state index in [4.69, 9.17) is 9.73 Å². The number of hydrogen-bond donors (Lipinski definition) is 0. The summed E-state index contributed by atoms with van der Waals surface area (Å²) in [6.07, 6.45) is 1.92. The van der Waals surface area contributed by atoms with Crippen molar-refractivity contribution in [2.45, 2.75) is 40.7 Å². The molecule has 0 saturated heterocycles. The smallest absolute Gasteiger partial charge is 0.128 e. The third-order valence-corrected chi connectivity index (χ3v) is 4.44. The highest BCUT2D eigenvalue weighted by molar-refractivity contribution is 6.14. The van der Waals surface area contributed by atoms with Crippen LogP contribution in [0.15, 0.2) is 41.5 Å². The van der Waals surface area contributed by atoms with Gasteiger partial charge in [-0.2, -0.15) is 0 Å². The van der Waals surface area contributed by atoms with E-state index in [0.29, 0.717) is 6.61 Å². The molecule has 0 radical (unpaired) electrons. The van der Waals surface area contributed by atoms with Crippen molar-refractivity contribution in [1.29, 1.82) is 0 Å². The van der Waals surface area contributed by atoms with Crippen molar-refractivity contribution in [3.05, 3.63) is 58.9 Å². The summed E-state index contributed by atoms with van der Waals surface area (Å²) in [5, 5.41) is 0. The molecule has 1 aromatic heterocycles. The van der Waals surface area contributed by atoms with Gasteiger partial charge in [-0.3, -0.25) is 9.98 Å². The topological polar surface area (TPSA) is 34.5 Å². The molecule has 1 aliphatic rings. The third-order valence-electron chi connectivity index (χ3n) is 4.44. The Kier molecular flexibility index (Phi) is 3.97. The van der Waals surface area contributed by atoms with Gasteiger partial charge in [0.15, 0.2) is 0 Å². The molecule has 1 atom stereocenters. The Labute approximate surface area is 138 Å². The van der Waals surface area contributed by atoms with Gasteiger partial charge in [0.1, 0.15) is 12.4 Å². The van der Waals surface area contributed by atoms with Gasteiger partial charge < -0.3 is 4.74 Å². The Bertz CT molecular complexity index is 756. The molecular weight excluding hydrogens is 284 g/mol. The Morgan fingerprint density at radius 3 is 2.57 bits per heavy atom. The van der Waals surface area contributed by atoms with Gasteiger partial charge in [-0.15, -0.1) is 0 Å². The molecule has 0 N–H and O–H groups in total. The van der Waals surface area contributed by atoms with Gasteiger partial charge in [0.05, 0.1) is 11.8 Å². The molecule has 3 rings (SSSR count). The van der Waals surface area contributed by atoms with Crippen molar-refractivity contribution < 1.29 is 4.74 Å². The Balaban J connectivity index is 2.18. The summed E-state index contributed by atoms with van der Waals surface area (Å²) in [7, 11) is 0. The average Bonchev–Trinajstić information content (AvgIpc) is 2.69. The highest BCUT2D eigenvalue weighted by atomic mass is 16.5.